The van der Waals surface area contributed by atoms with Crippen molar-refractivity contribution in [2.24, 2.45) is 0 Å². The van der Waals surface area contributed by atoms with Gasteiger partial charge in [-0.2, -0.15) is 0 Å². The molecule has 0 spiro atoms. The number of benzene rings is 1. The molecule has 1 aromatic carbocycles. The number of alkyl carbamates (subject to hydrolysis) is 1. The molecule has 4 heteroatoms. The SMILES string of the molecule is CC(Cc1ccccc1Cl)OC(=O)NC1CC1. The molecule has 0 bridgehead atoms. The van der Waals surface area contributed by atoms with Gasteiger partial charge in [-0.05, 0) is 31.4 Å². The van der Waals surface area contributed by atoms with Crippen LogP contribution in [-0.4, -0.2) is 18.2 Å². The Morgan fingerprint density at radius 3 is 2.88 bits per heavy atom. The molecule has 1 atom stereocenters. The highest BCUT2D eigenvalue weighted by molar-refractivity contribution is 6.31. The van der Waals surface area contributed by atoms with Crippen molar-refractivity contribution in [1.82, 2.24) is 5.32 Å². The maximum Gasteiger partial charge on any atom is 0.407 e. The fourth-order valence-electron chi connectivity index (χ4n) is 1.63. The number of carbonyl (C=O) groups is 1. The number of halogens is 1. The maximum absolute atomic E-state index is 11.4. The van der Waals surface area contributed by atoms with Gasteiger partial charge in [-0.1, -0.05) is 29.8 Å². The van der Waals surface area contributed by atoms with Gasteiger partial charge in [0, 0.05) is 17.5 Å². The molecule has 0 saturated heterocycles. The lowest BCUT2D eigenvalue weighted by Gasteiger charge is -2.14. The van der Waals surface area contributed by atoms with Crippen molar-refractivity contribution < 1.29 is 9.53 Å². The van der Waals surface area contributed by atoms with Gasteiger partial charge in [0.15, 0.2) is 0 Å². The molecule has 3 nitrogen and oxygen atoms in total. The topological polar surface area (TPSA) is 38.3 Å². The molecule has 1 amide bonds. The minimum Gasteiger partial charge on any atom is -0.446 e. The zero-order valence-electron chi connectivity index (χ0n) is 9.78. The summed E-state index contributed by atoms with van der Waals surface area (Å²) in [4.78, 5) is 11.4. The highest BCUT2D eigenvalue weighted by Gasteiger charge is 2.24. The van der Waals surface area contributed by atoms with Crippen molar-refractivity contribution in [3.63, 3.8) is 0 Å². The van der Waals surface area contributed by atoms with E-state index in [-0.39, 0.29) is 12.2 Å². The third-order valence-corrected chi connectivity index (χ3v) is 3.04. The Morgan fingerprint density at radius 1 is 1.53 bits per heavy atom. The second kappa shape index (κ2) is 5.41. The normalized spacial score (nSPS) is 16.4. The van der Waals surface area contributed by atoms with Crippen LogP contribution >= 0.6 is 11.6 Å². The van der Waals surface area contributed by atoms with Gasteiger partial charge < -0.3 is 10.1 Å². The Bertz CT molecular complexity index is 404. The molecule has 17 heavy (non-hydrogen) atoms. The second-order valence-electron chi connectivity index (χ2n) is 4.43. The molecule has 1 unspecified atom stereocenters. The summed E-state index contributed by atoms with van der Waals surface area (Å²) < 4.78 is 5.25. The average molecular weight is 254 g/mol. The smallest absolute Gasteiger partial charge is 0.407 e. The first-order chi connectivity index (χ1) is 8.15. The van der Waals surface area contributed by atoms with Gasteiger partial charge in [0.1, 0.15) is 6.10 Å². The summed E-state index contributed by atoms with van der Waals surface area (Å²) in [7, 11) is 0. The lowest BCUT2D eigenvalue weighted by atomic mass is 10.1. The average Bonchev–Trinajstić information content (AvgIpc) is 3.05. The number of hydrogen-bond donors (Lipinski definition) is 1. The van der Waals surface area contributed by atoms with E-state index in [9.17, 15) is 4.79 Å². The Balaban J connectivity index is 1.81. The molecule has 0 aromatic heterocycles. The van der Waals surface area contributed by atoms with Gasteiger partial charge in [-0.25, -0.2) is 4.79 Å². The van der Waals surface area contributed by atoms with E-state index in [1.165, 1.54) is 0 Å². The molecular weight excluding hydrogens is 238 g/mol. The van der Waals surface area contributed by atoms with Crippen molar-refractivity contribution in [2.75, 3.05) is 0 Å². The van der Waals surface area contributed by atoms with Crippen LogP contribution in [0.15, 0.2) is 24.3 Å². The van der Waals surface area contributed by atoms with Crippen LogP contribution in [0.3, 0.4) is 0 Å². The zero-order valence-corrected chi connectivity index (χ0v) is 10.5. The summed E-state index contributed by atoms with van der Waals surface area (Å²) in [5.74, 6) is 0. The minimum absolute atomic E-state index is 0.173. The molecule has 1 saturated carbocycles. The first kappa shape index (κ1) is 12.2. The summed E-state index contributed by atoms with van der Waals surface area (Å²) >= 11 is 6.04. The summed E-state index contributed by atoms with van der Waals surface area (Å²) in [5.41, 5.74) is 1.00. The number of hydrogen-bond acceptors (Lipinski definition) is 2. The Labute approximate surface area is 106 Å². The van der Waals surface area contributed by atoms with Crippen LogP contribution in [0.1, 0.15) is 25.3 Å². The van der Waals surface area contributed by atoms with Crippen LogP contribution in [0.2, 0.25) is 5.02 Å². The molecular formula is C13H16ClNO2. The Kier molecular flexibility index (Phi) is 3.89. The largest absolute Gasteiger partial charge is 0.446 e. The molecule has 0 radical (unpaired) electrons. The van der Waals surface area contributed by atoms with E-state index in [4.69, 9.17) is 16.3 Å². The lowest BCUT2D eigenvalue weighted by molar-refractivity contribution is 0.106. The summed E-state index contributed by atoms with van der Waals surface area (Å²) in [5, 5.41) is 3.50. The van der Waals surface area contributed by atoms with E-state index < -0.39 is 0 Å². The van der Waals surface area contributed by atoms with Crippen LogP contribution in [0.25, 0.3) is 0 Å². The van der Waals surface area contributed by atoms with Crippen molar-refractivity contribution in [3.05, 3.63) is 34.9 Å². The van der Waals surface area contributed by atoms with Crippen molar-refractivity contribution in [2.45, 2.75) is 38.3 Å². The highest BCUT2D eigenvalue weighted by Crippen LogP contribution is 2.20. The van der Waals surface area contributed by atoms with E-state index >= 15 is 0 Å². The van der Waals surface area contributed by atoms with Crippen LogP contribution in [0.5, 0.6) is 0 Å². The standard InChI is InChI=1S/C13H16ClNO2/c1-9(17-13(16)15-11-6-7-11)8-10-4-2-3-5-12(10)14/h2-5,9,11H,6-8H2,1H3,(H,15,16). The third kappa shape index (κ3) is 3.93. The zero-order chi connectivity index (χ0) is 12.3. The lowest BCUT2D eigenvalue weighted by Crippen LogP contribution is -2.30. The first-order valence-corrected chi connectivity index (χ1v) is 6.23. The summed E-state index contributed by atoms with van der Waals surface area (Å²) in [6.07, 6.45) is 2.26. The molecule has 2 rings (SSSR count). The van der Waals surface area contributed by atoms with E-state index in [0.29, 0.717) is 17.5 Å². The molecule has 0 heterocycles. The predicted octanol–water partition coefficient (Wildman–Crippen LogP) is 3.16. The van der Waals surface area contributed by atoms with Gasteiger partial charge in [0.25, 0.3) is 0 Å². The summed E-state index contributed by atoms with van der Waals surface area (Å²) in [6, 6.07) is 7.93. The number of ether oxygens (including phenoxy) is 1. The van der Waals surface area contributed by atoms with Gasteiger partial charge in [-0.15, -0.1) is 0 Å². The number of nitrogens with one attached hydrogen (secondary N) is 1. The first-order valence-electron chi connectivity index (χ1n) is 5.85. The molecule has 0 aliphatic heterocycles. The van der Waals surface area contributed by atoms with E-state index in [2.05, 4.69) is 5.32 Å². The van der Waals surface area contributed by atoms with Crippen LogP contribution in [-0.2, 0) is 11.2 Å². The van der Waals surface area contributed by atoms with Crippen LogP contribution < -0.4 is 5.32 Å². The van der Waals surface area contributed by atoms with Crippen LogP contribution in [0, 0.1) is 0 Å². The molecule has 1 N–H and O–H groups in total. The molecule has 1 aliphatic carbocycles. The van der Waals surface area contributed by atoms with Crippen molar-refractivity contribution >= 4 is 17.7 Å². The second-order valence-corrected chi connectivity index (χ2v) is 4.84. The molecule has 92 valence electrons. The quantitative estimate of drug-likeness (QED) is 0.895. The van der Waals surface area contributed by atoms with Gasteiger partial charge in [0.2, 0.25) is 0 Å². The Morgan fingerprint density at radius 2 is 2.24 bits per heavy atom. The monoisotopic (exact) mass is 253 g/mol. The van der Waals surface area contributed by atoms with Crippen LogP contribution in [0.4, 0.5) is 4.79 Å². The fourth-order valence-corrected chi connectivity index (χ4v) is 1.84. The van der Waals surface area contributed by atoms with Gasteiger partial charge in [-0.3, -0.25) is 0 Å². The number of amides is 1. The van der Waals surface area contributed by atoms with Gasteiger partial charge in [0.05, 0.1) is 0 Å². The van der Waals surface area contributed by atoms with E-state index in [1.807, 2.05) is 31.2 Å². The molecule has 1 aliphatic rings. The Hall–Kier alpha value is -1.22. The molecule has 1 aromatic rings. The van der Waals surface area contributed by atoms with Crippen molar-refractivity contribution in [3.8, 4) is 0 Å². The predicted molar refractivity (Wildman–Crippen MR) is 67.3 cm³/mol. The molecule has 1 fully saturated rings. The van der Waals surface area contributed by atoms with Crippen molar-refractivity contribution in [1.29, 1.82) is 0 Å². The maximum atomic E-state index is 11.4. The fraction of sp³-hybridized carbons (Fsp3) is 0.462. The highest BCUT2D eigenvalue weighted by atomic mass is 35.5. The number of rotatable bonds is 4. The van der Waals surface area contributed by atoms with E-state index in [1.54, 1.807) is 0 Å². The third-order valence-electron chi connectivity index (χ3n) is 2.67. The minimum atomic E-state index is -0.327. The van der Waals surface area contributed by atoms with Gasteiger partial charge >= 0.3 is 6.09 Å². The number of carbonyl (C=O) groups excluding carboxylic acids is 1. The van der Waals surface area contributed by atoms with E-state index in [0.717, 1.165) is 18.4 Å². The summed E-state index contributed by atoms with van der Waals surface area (Å²) in [6.45, 7) is 1.87.